The Morgan fingerprint density at radius 1 is 1.60 bits per heavy atom. The molecule has 5 heteroatoms. The van der Waals surface area contributed by atoms with Crippen LogP contribution in [0.2, 0.25) is 0 Å². The van der Waals surface area contributed by atoms with Crippen molar-refractivity contribution in [2.45, 2.75) is 13.3 Å². The number of halogens is 1. The van der Waals surface area contributed by atoms with E-state index in [9.17, 15) is 9.59 Å². The van der Waals surface area contributed by atoms with Crippen molar-refractivity contribution < 1.29 is 4.79 Å². The molecular formula is C10H13ClN2O2. The van der Waals surface area contributed by atoms with Crippen molar-refractivity contribution in [2.75, 3.05) is 12.4 Å². The van der Waals surface area contributed by atoms with Crippen LogP contribution >= 0.6 is 11.6 Å². The van der Waals surface area contributed by atoms with Crippen LogP contribution in [0.3, 0.4) is 0 Å². The maximum atomic E-state index is 11.5. The number of rotatable bonds is 4. The summed E-state index contributed by atoms with van der Waals surface area (Å²) in [6.07, 6.45) is 2.12. The summed E-state index contributed by atoms with van der Waals surface area (Å²) in [5.74, 6) is 0.131. The van der Waals surface area contributed by atoms with Gasteiger partial charge in [0.15, 0.2) is 5.43 Å². The second-order valence-corrected chi connectivity index (χ2v) is 3.57. The van der Waals surface area contributed by atoms with Crippen LogP contribution in [0.5, 0.6) is 0 Å². The first-order valence-electron chi connectivity index (χ1n) is 4.68. The summed E-state index contributed by atoms with van der Waals surface area (Å²) in [4.78, 5) is 25.7. The summed E-state index contributed by atoms with van der Waals surface area (Å²) >= 11 is 5.46. The fraction of sp³-hybridized carbons (Fsp3) is 0.400. The first kappa shape index (κ1) is 11.8. The molecule has 0 aliphatic carbocycles. The van der Waals surface area contributed by atoms with Crippen LogP contribution in [0.1, 0.15) is 22.5 Å². The van der Waals surface area contributed by atoms with Gasteiger partial charge in [-0.3, -0.25) is 9.59 Å². The average molecular weight is 229 g/mol. The minimum atomic E-state index is -0.360. The van der Waals surface area contributed by atoms with Crippen LogP contribution in [-0.2, 0) is 0 Å². The number of H-pyrrole nitrogens is 1. The van der Waals surface area contributed by atoms with Crippen LogP contribution in [0.25, 0.3) is 0 Å². The van der Waals surface area contributed by atoms with Gasteiger partial charge < -0.3 is 10.3 Å². The Morgan fingerprint density at radius 3 is 2.93 bits per heavy atom. The van der Waals surface area contributed by atoms with Gasteiger partial charge in [0.05, 0.1) is 0 Å². The van der Waals surface area contributed by atoms with Crippen molar-refractivity contribution in [1.82, 2.24) is 10.3 Å². The summed E-state index contributed by atoms with van der Waals surface area (Å²) in [6.45, 7) is 2.24. The molecule has 0 aliphatic heterocycles. The average Bonchev–Trinajstić information content (AvgIpc) is 2.17. The fourth-order valence-corrected chi connectivity index (χ4v) is 1.25. The Kier molecular flexibility index (Phi) is 4.37. The number of aryl methyl sites for hydroxylation is 1. The SMILES string of the molecule is Cc1cc(=O)c(C(=O)NCCCCl)c[nH]1. The van der Waals surface area contributed by atoms with Crippen LogP contribution in [0.15, 0.2) is 17.1 Å². The molecule has 0 saturated carbocycles. The Hall–Kier alpha value is -1.29. The van der Waals surface area contributed by atoms with Gasteiger partial charge in [0.25, 0.3) is 5.91 Å². The topological polar surface area (TPSA) is 62.0 Å². The Bertz CT molecular complexity index is 401. The molecule has 0 aliphatic rings. The number of pyridine rings is 1. The summed E-state index contributed by atoms with van der Waals surface area (Å²) in [5.41, 5.74) is 0.599. The van der Waals surface area contributed by atoms with Crippen molar-refractivity contribution in [1.29, 1.82) is 0 Å². The minimum Gasteiger partial charge on any atom is -0.364 e. The second-order valence-electron chi connectivity index (χ2n) is 3.19. The number of nitrogens with one attached hydrogen (secondary N) is 2. The molecule has 0 spiro atoms. The lowest BCUT2D eigenvalue weighted by atomic mass is 10.2. The predicted octanol–water partition coefficient (Wildman–Crippen LogP) is 1.04. The van der Waals surface area contributed by atoms with Crippen LogP contribution in [0.4, 0.5) is 0 Å². The number of alkyl halides is 1. The largest absolute Gasteiger partial charge is 0.364 e. The highest BCUT2D eigenvalue weighted by Crippen LogP contribution is 1.92. The van der Waals surface area contributed by atoms with E-state index in [2.05, 4.69) is 10.3 Å². The van der Waals surface area contributed by atoms with Gasteiger partial charge >= 0.3 is 0 Å². The van der Waals surface area contributed by atoms with Gasteiger partial charge in [0.1, 0.15) is 5.56 Å². The minimum absolute atomic E-state index is 0.134. The molecule has 0 bridgehead atoms. The Balaban J connectivity index is 2.70. The lowest BCUT2D eigenvalue weighted by Crippen LogP contribution is -2.29. The molecule has 4 nitrogen and oxygen atoms in total. The normalized spacial score (nSPS) is 10.0. The number of aromatic amines is 1. The molecule has 0 atom stereocenters. The van der Waals surface area contributed by atoms with E-state index in [1.54, 1.807) is 6.92 Å². The van der Waals surface area contributed by atoms with Gasteiger partial charge in [0, 0.05) is 30.4 Å². The third-order valence-corrected chi connectivity index (χ3v) is 2.17. The zero-order valence-electron chi connectivity index (χ0n) is 8.47. The number of amides is 1. The first-order valence-corrected chi connectivity index (χ1v) is 5.22. The van der Waals surface area contributed by atoms with Gasteiger partial charge in [-0.05, 0) is 13.3 Å². The highest BCUT2D eigenvalue weighted by molar-refractivity contribution is 6.17. The van der Waals surface area contributed by atoms with E-state index in [4.69, 9.17) is 11.6 Å². The third kappa shape index (κ3) is 3.40. The number of carbonyl (C=O) groups is 1. The zero-order chi connectivity index (χ0) is 11.3. The van der Waals surface area contributed by atoms with E-state index < -0.39 is 0 Å². The van der Waals surface area contributed by atoms with Gasteiger partial charge in [-0.2, -0.15) is 0 Å². The Morgan fingerprint density at radius 2 is 2.33 bits per heavy atom. The molecule has 1 amide bonds. The van der Waals surface area contributed by atoms with E-state index >= 15 is 0 Å². The van der Waals surface area contributed by atoms with Crippen molar-refractivity contribution >= 4 is 17.5 Å². The Labute approximate surface area is 92.7 Å². The number of aromatic nitrogens is 1. The highest BCUT2D eigenvalue weighted by Gasteiger charge is 2.08. The van der Waals surface area contributed by atoms with E-state index in [0.717, 1.165) is 5.69 Å². The maximum absolute atomic E-state index is 11.5. The van der Waals surface area contributed by atoms with Gasteiger partial charge in [-0.25, -0.2) is 0 Å². The van der Waals surface area contributed by atoms with E-state index in [1.165, 1.54) is 12.3 Å². The smallest absolute Gasteiger partial charge is 0.256 e. The van der Waals surface area contributed by atoms with E-state index in [1.807, 2.05) is 0 Å². The van der Waals surface area contributed by atoms with Gasteiger partial charge in [-0.1, -0.05) is 0 Å². The number of carbonyl (C=O) groups excluding carboxylic acids is 1. The molecule has 0 fully saturated rings. The molecule has 0 radical (unpaired) electrons. The number of hydrogen-bond donors (Lipinski definition) is 2. The highest BCUT2D eigenvalue weighted by atomic mass is 35.5. The molecule has 1 heterocycles. The van der Waals surface area contributed by atoms with Gasteiger partial charge in [-0.15, -0.1) is 11.6 Å². The molecule has 1 rings (SSSR count). The molecule has 0 saturated heterocycles. The monoisotopic (exact) mass is 228 g/mol. The van der Waals surface area contributed by atoms with Crippen molar-refractivity contribution in [2.24, 2.45) is 0 Å². The van der Waals surface area contributed by atoms with E-state index in [-0.39, 0.29) is 16.9 Å². The third-order valence-electron chi connectivity index (χ3n) is 1.90. The fourth-order valence-electron chi connectivity index (χ4n) is 1.11. The van der Waals surface area contributed by atoms with Crippen molar-refractivity contribution in [3.63, 3.8) is 0 Å². The van der Waals surface area contributed by atoms with Crippen LogP contribution < -0.4 is 10.7 Å². The summed E-state index contributed by atoms with van der Waals surface area (Å²) < 4.78 is 0. The van der Waals surface area contributed by atoms with E-state index in [0.29, 0.717) is 18.8 Å². The molecule has 15 heavy (non-hydrogen) atoms. The van der Waals surface area contributed by atoms with Crippen LogP contribution in [0, 0.1) is 6.92 Å². The second kappa shape index (κ2) is 5.56. The molecular weight excluding hydrogens is 216 g/mol. The predicted molar refractivity (Wildman–Crippen MR) is 59.5 cm³/mol. The van der Waals surface area contributed by atoms with Gasteiger partial charge in [0.2, 0.25) is 0 Å². The molecule has 82 valence electrons. The zero-order valence-corrected chi connectivity index (χ0v) is 9.23. The molecule has 1 aromatic rings. The summed E-state index contributed by atoms with van der Waals surface area (Å²) in [7, 11) is 0. The maximum Gasteiger partial charge on any atom is 0.256 e. The molecule has 1 aromatic heterocycles. The van der Waals surface area contributed by atoms with Crippen molar-refractivity contribution in [3.05, 3.63) is 33.7 Å². The molecule has 0 aromatic carbocycles. The first-order chi connectivity index (χ1) is 7.15. The lowest BCUT2D eigenvalue weighted by Gasteiger charge is -2.03. The standard InChI is InChI=1S/C10H13ClN2O2/c1-7-5-9(14)8(6-13-7)10(15)12-4-2-3-11/h5-6H,2-4H2,1H3,(H,12,15)(H,13,14). The summed E-state index contributed by atoms with van der Waals surface area (Å²) in [5, 5.41) is 2.62. The quantitative estimate of drug-likeness (QED) is 0.598. The lowest BCUT2D eigenvalue weighted by molar-refractivity contribution is 0.0952. The van der Waals surface area contributed by atoms with Crippen LogP contribution in [-0.4, -0.2) is 23.3 Å². The molecule has 2 N–H and O–H groups in total. The molecule has 0 unspecified atom stereocenters. The summed E-state index contributed by atoms with van der Waals surface area (Å²) in [6, 6.07) is 1.40. The number of hydrogen-bond acceptors (Lipinski definition) is 2. The van der Waals surface area contributed by atoms with Crippen molar-refractivity contribution in [3.8, 4) is 0 Å².